The summed E-state index contributed by atoms with van der Waals surface area (Å²) in [6.07, 6.45) is 2.16. The predicted molar refractivity (Wildman–Crippen MR) is 90.6 cm³/mol. The monoisotopic (exact) mass is 310 g/mol. The third-order valence-electron chi connectivity index (χ3n) is 4.00. The summed E-state index contributed by atoms with van der Waals surface area (Å²) in [7, 11) is 0. The topological polar surface area (TPSA) is 50.4 Å². The van der Waals surface area contributed by atoms with Gasteiger partial charge in [-0.3, -0.25) is 4.79 Å². The molecule has 0 aliphatic carbocycles. The van der Waals surface area contributed by atoms with Crippen LogP contribution in [0.25, 0.3) is 0 Å². The highest BCUT2D eigenvalue weighted by atomic mass is 16.5. The molecule has 4 heteroatoms. The molecule has 1 amide bonds. The molecule has 0 radical (unpaired) electrons. The van der Waals surface area contributed by atoms with Crippen molar-refractivity contribution in [2.45, 2.75) is 25.5 Å². The van der Waals surface area contributed by atoms with E-state index in [4.69, 9.17) is 4.74 Å². The Balaban J connectivity index is 1.52. The molecule has 4 nitrogen and oxygen atoms in total. The van der Waals surface area contributed by atoms with Crippen molar-refractivity contribution in [1.29, 1.82) is 0 Å². The summed E-state index contributed by atoms with van der Waals surface area (Å²) < 4.78 is 5.71. The van der Waals surface area contributed by atoms with Gasteiger partial charge in [0, 0.05) is 18.2 Å². The Morgan fingerprint density at radius 1 is 1.13 bits per heavy atom. The molecular weight excluding hydrogens is 288 g/mol. The molecule has 1 aliphatic rings. The maximum absolute atomic E-state index is 12.2. The van der Waals surface area contributed by atoms with Gasteiger partial charge in [0.25, 0.3) is 5.91 Å². The number of ether oxygens (including phenoxy) is 1. The molecule has 0 unspecified atom stereocenters. The fourth-order valence-corrected chi connectivity index (χ4v) is 2.68. The van der Waals surface area contributed by atoms with E-state index in [0.717, 1.165) is 37.2 Å². The van der Waals surface area contributed by atoms with E-state index in [2.05, 4.69) is 10.6 Å². The van der Waals surface area contributed by atoms with Crippen LogP contribution in [0.1, 0.15) is 28.8 Å². The van der Waals surface area contributed by atoms with Crippen LogP contribution in [0, 0.1) is 0 Å². The van der Waals surface area contributed by atoms with Gasteiger partial charge in [0.1, 0.15) is 12.4 Å². The van der Waals surface area contributed by atoms with Crippen LogP contribution in [-0.2, 0) is 6.61 Å². The summed E-state index contributed by atoms with van der Waals surface area (Å²) in [5.41, 5.74) is 1.74. The van der Waals surface area contributed by atoms with Crippen LogP contribution in [0.3, 0.4) is 0 Å². The molecule has 2 N–H and O–H groups in total. The maximum Gasteiger partial charge on any atom is 0.251 e. The molecule has 2 aromatic carbocycles. The standard InChI is InChI=1S/C19H22N2O2/c22-19(21-17-5-4-12-20-13-17)16-10-8-15(9-11-16)14-23-18-6-2-1-3-7-18/h1-3,6-11,17,20H,4-5,12-14H2,(H,21,22)/t17-/m0/s1. The van der Waals surface area contributed by atoms with Crippen LogP contribution in [0.5, 0.6) is 5.75 Å². The van der Waals surface area contributed by atoms with Gasteiger partial charge in [-0.05, 0) is 49.2 Å². The van der Waals surface area contributed by atoms with Crippen molar-refractivity contribution in [2.75, 3.05) is 13.1 Å². The zero-order valence-electron chi connectivity index (χ0n) is 13.1. The minimum atomic E-state index is -0.00534. The van der Waals surface area contributed by atoms with E-state index >= 15 is 0 Å². The van der Waals surface area contributed by atoms with Crippen molar-refractivity contribution in [2.24, 2.45) is 0 Å². The molecule has 1 atom stereocenters. The van der Waals surface area contributed by atoms with Crippen LogP contribution in [0.4, 0.5) is 0 Å². The minimum Gasteiger partial charge on any atom is -0.489 e. The van der Waals surface area contributed by atoms with E-state index in [1.165, 1.54) is 0 Å². The second-order valence-electron chi connectivity index (χ2n) is 5.82. The zero-order chi connectivity index (χ0) is 15.9. The van der Waals surface area contributed by atoms with E-state index in [9.17, 15) is 4.79 Å². The maximum atomic E-state index is 12.2. The largest absolute Gasteiger partial charge is 0.489 e. The van der Waals surface area contributed by atoms with Gasteiger partial charge in [0.05, 0.1) is 0 Å². The fraction of sp³-hybridized carbons (Fsp3) is 0.316. The van der Waals surface area contributed by atoms with Gasteiger partial charge in [0.15, 0.2) is 0 Å². The first-order chi connectivity index (χ1) is 11.3. The molecular formula is C19H22N2O2. The summed E-state index contributed by atoms with van der Waals surface area (Å²) in [6, 6.07) is 17.5. The highest BCUT2D eigenvalue weighted by Gasteiger charge is 2.16. The van der Waals surface area contributed by atoms with Crippen molar-refractivity contribution in [3.63, 3.8) is 0 Å². The Labute approximate surface area is 136 Å². The normalized spacial score (nSPS) is 17.5. The van der Waals surface area contributed by atoms with Gasteiger partial charge in [-0.1, -0.05) is 30.3 Å². The molecule has 1 aliphatic heterocycles. The van der Waals surface area contributed by atoms with Crippen molar-refractivity contribution in [3.05, 3.63) is 65.7 Å². The van der Waals surface area contributed by atoms with Gasteiger partial charge in [-0.15, -0.1) is 0 Å². The van der Waals surface area contributed by atoms with Gasteiger partial charge in [0.2, 0.25) is 0 Å². The smallest absolute Gasteiger partial charge is 0.251 e. The Bertz CT molecular complexity index is 620. The van der Waals surface area contributed by atoms with Crippen molar-refractivity contribution in [3.8, 4) is 5.75 Å². The zero-order valence-corrected chi connectivity index (χ0v) is 13.1. The van der Waals surface area contributed by atoms with Gasteiger partial charge in [-0.2, -0.15) is 0 Å². The molecule has 0 spiro atoms. The molecule has 1 heterocycles. The molecule has 23 heavy (non-hydrogen) atoms. The fourth-order valence-electron chi connectivity index (χ4n) is 2.68. The summed E-state index contributed by atoms with van der Waals surface area (Å²) >= 11 is 0. The van der Waals surface area contributed by atoms with E-state index < -0.39 is 0 Å². The highest BCUT2D eigenvalue weighted by Crippen LogP contribution is 2.12. The molecule has 0 aromatic heterocycles. The number of hydrogen-bond acceptors (Lipinski definition) is 3. The molecule has 0 saturated carbocycles. The van der Waals surface area contributed by atoms with Crippen LogP contribution < -0.4 is 15.4 Å². The number of hydrogen-bond donors (Lipinski definition) is 2. The summed E-state index contributed by atoms with van der Waals surface area (Å²) in [4.78, 5) is 12.2. The van der Waals surface area contributed by atoms with E-state index in [1.54, 1.807) is 0 Å². The number of carbonyl (C=O) groups is 1. The number of carbonyl (C=O) groups excluding carboxylic acids is 1. The third-order valence-corrected chi connectivity index (χ3v) is 4.00. The first-order valence-electron chi connectivity index (χ1n) is 8.09. The molecule has 3 rings (SSSR count). The van der Waals surface area contributed by atoms with Crippen molar-refractivity contribution < 1.29 is 9.53 Å². The molecule has 120 valence electrons. The molecule has 0 bridgehead atoms. The van der Waals surface area contributed by atoms with Crippen LogP contribution >= 0.6 is 0 Å². The first-order valence-corrected chi connectivity index (χ1v) is 8.09. The van der Waals surface area contributed by atoms with Crippen molar-refractivity contribution >= 4 is 5.91 Å². The minimum absolute atomic E-state index is 0.00534. The predicted octanol–water partition coefficient (Wildman–Crippen LogP) is 2.75. The molecule has 1 fully saturated rings. The second kappa shape index (κ2) is 7.79. The lowest BCUT2D eigenvalue weighted by Gasteiger charge is -2.23. The van der Waals surface area contributed by atoms with Gasteiger partial charge < -0.3 is 15.4 Å². The number of piperidine rings is 1. The lowest BCUT2D eigenvalue weighted by atomic mass is 10.1. The van der Waals surface area contributed by atoms with Crippen LogP contribution in [0.2, 0.25) is 0 Å². The van der Waals surface area contributed by atoms with E-state index in [1.807, 2.05) is 54.6 Å². The lowest BCUT2D eigenvalue weighted by molar-refractivity contribution is 0.0930. The number of amides is 1. The summed E-state index contributed by atoms with van der Waals surface area (Å²) in [5, 5.41) is 6.38. The van der Waals surface area contributed by atoms with Gasteiger partial charge in [-0.25, -0.2) is 0 Å². The summed E-state index contributed by atoms with van der Waals surface area (Å²) in [6.45, 7) is 2.40. The Morgan fingerprint density at radius 3 is 2.61 bits per heavy atom. The first kappa shape index (κ1) is 15.6. The van der Waals surface area contributed by atoms with Crippen LogP contribution in [-0.4, -0.2) is 25.0 Å². The Morgan fingerprint density at radius 2 is 1.91 bits per heavy atom. The van der Waals surface area contributed by atoms with Crippen LogP contribution in [0.15, 0.2) is 54.6 Å². The van der Waals surface area contributed by atoms with Gasteiger partial charge >= 0.3 is 0 Å². The van der Waals surface area contributed by atoms with Crippen molar-refractivity contribution in [1.82, 2.24) is 10.6 Å². The Kier molecular flexibility index (Phi) is 5.27. The third kappa shape index (κ3) is 4.57. The molecule has 2 aromatic rings. The molecule has 1 saturated heterocycles. The number of nitrogens with one attached hydrogen (secondary N) is 2. The SMILES string of the molecule is O=C(N[C@H]1CCCNC1)c1ccc(COc2ccccc2)cc1. The average molecular weight is 310 g/mol. The highest BCUT2D eigenvalue weighted by molar-refractivity contribution is 5.94. The Hall–Kier alpha value is -2.33. The number of benzene rings is 2. The van der Waals surface area contributed by atoms with E-state index in [-0.39, 0.29) is 11.9 Å². The quantitative estimate of drug-likeness (QED) is 0.893. The second-order valence-corrected chi connectivity index (χ2v) is 5.82. The lowest BCUT2D eigenvalue weighted by Crippen LogP contribution is -2.45. The number of para-hydroxylation sites is 1. The number of rotatable bonds is 5. The van der Waals surface area contributed by atoms with E-state index in [0.29, 0.717) is 12.2 Å². The summed E-state index contributed by atoms with van der Waals surface area (Å²) in [5.74, 6) is 0.841. The average Bonchev–Trinajstić information content (AvgIpc) is 2.62.